The second-order valence-electron chi connectivity index (χ2n) is 2.93. The molecule has 0 fully saturated rings. The number of hydrogen-bond donors (Lipinski definition) is 0. The minimum Gasteiger partial charge on any atom is -0.495 e. The summed E-state index contributed by atoms with van der Waals surface area (Å²) in [5.74, 6) is -0.131. The molecule has 3 nitrogen and oxygen atoms in total. The first kappa shape index (κ1) is 12.7. The third-order valence-corrected chi connectivity index (χ3v) is 2.36. The van der Waals surface area contributed by atoms with E-state index < -0.39 is 6.43 Å². The number of ether oxygens (including phenoxy) is 1. The Hall–Kier alpha value is -1.41. The maximum Gasteiger partial charge on any atom is 0.267 e. The molecule has 0 amide bonds. The Morgan fingerprint density at radius 2 is 2.31 bits per heavy atom. The van der Waals surface area contributed by atoms with Gasteiger partial charge in [0.05, 0.1) is 37.1 Å². The van der Waals surface area contributed by atoms with Crippen LogP contribution in [0, 0.1) is 11.3 Å². The van der Waals surface area contributed by atoms with Gasteiger partial charge >= 0.3 is 0 Å². The van der Waals surface area contributed by atoms with Crippen molar-refractivity contribution in [2.75, 3.05) is 7.11 Å². The lowest BCUT2D eigenvalue weighted by atomic mass is 10.1. The Kier molecular flexibility index (Phi) is 4.44. The summed E-state index contributed by atoms with van der Waals surface area (Å²) in [6.45, 7) is 0. The molecule has 0 aliphatic rings. The molecule has 0 bridgehead atoms. The largest absolute Gasteiger partial charge is 0.495 e. The molecule has 16 heavy (non-hydrogen) atoms. The van der Waals surface area contributed by atoms with Crippen molar-refractivity contribution in [3.63, 3.8) is 0 Å². The van der Waals surface area contributed by atoms with E-state index in [4.69, 9.17) is 21.6 Å². The van der Waals surface area contributed by atoms with Crippen LogP contribution in [0.15, 0.2) is 6.20 Å². The standard InChI is InChI=1S/C10H9ClF2N2O/c1-16-8-5-15-7(2-3-14)6(4-11)9(8)10(12)13/h5,10H,2,4H2,1H3. The van der Waals surface area contributed by atoms with E-state index in [0.29, 0.717) is 0 Å². The quantitative estimate of drug-likeness (QED) is 0.768. The first-order valence-corrected chi connectivity index (χ1v) is 4.94. The van der Waals surface area contributed by atoms with Gasteiger partial charge in [-0.15, -0.1) is 11.6 Å². The van der Waals surface area contributed by atoms with Crippen LogP contribution in [0.25, 0.3) is 0 Å². The molecule has 0 aromatic carbocycles. The van der Waals surface area contributed by atoms with Gasteiger partial charge in [0.2, 0.25) is 0 Å². The maximum absolute atomic E-state index is 12.8. The van der Waals surface area contributed by atoms with Crippen LogP contribution in [-0.4, -0.2) is 12.1 Å². The summed E-state index contributed by atoms with van der Waals surface area (Å²) in [4.78, 5) is 3.89. The fourth-order valence-corrected chi connectivity index (χ4v) is 1.66. The fraction of sp³-hybridized carbons (Fsp3) is 0.400. The summed E-state index contributed by atoms with van der Waals surface area (Å²) in [5, 5.41) is 8.54. The molecule has 0 saturated heterocycles. The normalized spacial score (nSPS) is 10.2. The van der Waals surface area contributed by atoms with Crippen LogP contribution in [0.5, 0.6) is 5.75 Å². The molecule has 1 heterocycles. The SMILES string of the molecule is COc1cnc(CC#N)c(CCl)c1C(F)F. The molecule has 6 heteroatoms. The monoisotopic (exact) mass is 246 g/mol. The Labute approximate surface area is 96.6 Å². The molecule has 0 N–H and O–H groups in total. The Bertz CT molecular complexity index is 418. The first-order valence-electron chi connectivity index (χ1n) is 4.41. The highest BCUT2D eigenvalue weighted by Gasteiger charge is 2.21. The van der Waals surface area contributed by atoms with Gasteiger partial charge in [-0.25, -0.2) is 8.78 Å². The van der Waals surface area contributed by atoms with E-state index in [1.165, 1.54) is 13.3 Å². The average Bonchev–Trinajstić information content (AvgIpc) is 2.28. The number of pyridine rings is 1. The first-order chi connectivity index (χ1) is 7.65. The molecular weight excluding hydrogens is 238 g/mol. The van der Waals surface area contributed by atoms with Crippen LogP contribution in [0.2, 0.25) is 0 Å². The van der Waals surface area contributed by atoms with Crippen molar-refractivity contribution in [2.45, 2.75) is 18.7 Å². The van der Waals surface area contributed by atoms with Gasteiger partial charge in [-0.1, -0.05) is 0 Å². The highest BCUT2D eigenvalue weighted by Crippen LogP contribution is 2.33. The number of alkyl halides is 3. The lowest BCUT2D eigenvalue weighted by Crippen LogP contribution is -2.04. The summed E-state index contributed by atoms with van der Waals surface area (Å²) in [7, 11) is 1.28. The number of rotatable bonds is 4. The number of hydrogen-bond acceptors (Lipinski definition) is 3. The Balaban J connectivity index is 3.38. The van der Waals surface area contributed by atoms with Gasteiger partial charge in [-0.05, 0) is 0 Å². The zero-order valence-corrected chi connectivity index (χ0v) is 9.26. The van der Waals surface area contributed by atoms with E-state index in [-0.39, 0.29) is 34.9 Å². The highest BCUT2D eigenvalue weighted by molar-refractivity contribution is 6.17. The molecule has 0 spiro atoms. The van der Waals surface area contributed by atoms with Gasteiger partial charge in [-0.2, -0.15) is 5.26 Å². The van der Waals surface area contributed by atoms with Gasteiger partial charge in [0, 0.05) is 11.4 Å². The van der Waals surface area contributed by atoms with Gasteiger partial charge < -0.3 is 4.74 Å². The molecule has 0 unspecified atom stereocenters. The number of halogens is 3. The maximum atomic E-state index is 12.8. The van der Waals surface area contributed by atoms with Crippen LogP contribution in [0.3, 0.4) is 0 Å². The van der Waals surface area contributed by atoms with Gasteiger partial charge in [-0.3, -0.25) is 4.98 Å². The van der Waals surface area contributed by atoms with Crippen LogP contribution in [-0.2, 0) is 12.3 Å². The van der Waals surface area contributed by atoms with Crippen LogP contribution in [0.1, 0.15) is 23.2 Å². The van der Waals surface area contributed by atoms with E-state index in [9.17, 15) is 8.78 Å². The molecule has 0 atom stereocenters. The summed E-state index contributed by atoms with van der Waals surface area (Å²) in [6.07, 6.45) is -1.57. The molecule has 0 aliphatic heterocycles. The van der Waals surface area contributed by atoms with E-state index in [2.05, 4.69) is 4.98 Å². The lowest BCUT2D eigenvalue weighted by molar-refractivity contribution is 0.145. The lowest BCUT2D eigenvalue weighted by Gasteiger charge is -2.13. The Morgan fingerprint density at radius 3 is 2.75 bits per heavy atom. The van der Waals surface area contributed by atoms with Crippen LogP contribution >= 0.6 is 11.6 Å². The van der Waals surface area contributed by atoms with Gasteiger partial charge in [0.25, 0.3) is 6.43 Å². The van der Waals surface area contributed by atoms with Crippen molar-refractivity contribution >= 4 is 11.6 Å². The third kappa shape index (κ3) is 2.39. The van der Waals surface area contributed by atoms with E-state index in [1.54, 1.807) is 0 Å². The van der Waals surface area contributed by atoms with Crippen molar-refractivity contribution in [2.24, 2.45) is 0 Å². The van der Waals surface area contributed by atoms with Crippen molar-refractivity contribution < 1.29 is 13.5 Å². The number of methoxy groups -OCH3 is 1. The smallest absolute Gasteiger partial charge is 0.267 e. The van der Waals surface area contributed by atoms with E-state index >= 15 is 0 Å². The molecule has 0 radical (unpaired) electrons. The zero-order chi connectivity index (χ0) is 12.1. The molecule has 0 saturated carbocycles. The molecule has 1 rings (SSSR count). The molecule has 1 aromatic heterocycles. The minimum atomic E-state index is -2.70. The fourth-order valence-electron chi connectivity index (χ4n) is 1.37. The van der Waals surface area contributed by atoms with E-state index in [1.807, 2.05) is 6.07 Å². The highest BCUT2D eigenvalue weighted by atomic mass is 35.5. The third-order valence-electron chi connectivity index (χ3n) is 2.09. The summed E-state index contributed by atoms with van der Waals surface area (Å²) >= 11 is 5.61. The number of nitrogens with zero attached hydrogens (tertiary/aromatic N) is 2. The predicted octanol–water partition coefficient (Wildman–Crippen LogP) is 2.83. The van der Waals surface area contributed by atoms with Gasteiger partial charge in [0.15, 0.2) is 0 Å². The molecule has 1 aromatic rings. The van der Waals surface area contributed by atoms with Crippen molar-refractivity contribution in [3.05, 3.63) is 23.0 Å². The molecule has 86 valence electrons. The van der Waals surface area contributed by atoms with Gasteiger partial charge in [0.1, 0.15) is 5.75 Å². The second kappa shape index (κ2) is 5.61. The topological polar surface area (TPSA) is 45.9 Å². The molecular formula is C10H9ClF2N2O. The minimum absolute atomic E-state index is 0.00709. The van der Waals surface area contributed by atoms with Crippen molar-refractivity contribution in [3.8, 4) is 11.8 Å². The van der Waals surface area contributed by atoms with Crippen LogP contribution < -0.4 is 4.74 Å². The number of nitriles is 1. The Morgan fingerprint density at radius 1 is 1.62 bits per heavy atom. The summed E-state index contributed by atoms with van der Waals surface area (Å²) in [5.41, 5.74) is 0.170. The number of aromatic nitrogens is 1. The zero-order valence-electron chi connectivity index (χ0n) is 8.51. The second-order valence-corrected chi connectivity index (χ2v) is 3.20. The average molecular weight is 247 g/mol. The molecule has 0 aliphatic carbocycles. The van der Waals surface area contributed by atoms with Crippen molar-refractivity contribution in [1.82, 2.24) is 4.98 Å². The van der Waals surface area contributed by atoms with E-state index in [0.717, 1.165) is 0 Å². The van der Waals surface area contributed by atoms with Crippen LogP contribution in [0.4, 0.5) is 8.78 Å². The predicted molar refractivity (Wildman–Crippen MR) is 54.6 cm³/mol. The summed E-state index contributed by atoms with van der Waals surface area (Å²) < 4.78 is 30.5. The summed E-state index contributed by atoms with van der Waals surface area (Å²) in [6, 6.07) is 1.86. The van der Waals surface area contributed by atoms with Crippen molar-refractivity contribution in [1.29, 1.82) is 5.26 Å².